The van der Waals surface area contributed by atoms with Crippen molar-refractivity contribution < 1.29 is 4.79 Å². The molecule has 0 heterocycles. The monoisotopic (exact) mass is 328 g/mol. The van der Waals surface area contributed by atoms with E-state index in [0.29, 0.717) is 11.6 Å². The van der Waals surface area contributed by atoms with Gasteiger partial charge in [0.2, 0.25) is 5.91 Å². The Labute approximate surface area is 142 Å². The van der Waals surface area contributed by atoms with Crippen LogP contribution in [0.3, 0.4) is 0 Å². The average Bonchev–Trinajstić information content (AvgIpc) is 3.37. The van der Waals surface area contributed by atoms with Gasteiger partial charge in [0.1, 0.15) is 0 Å². The number of hydrogen-bond donors (Lipinski definition) is 1. The van der Waals surface area contributed by atoms with Crippen molar-refractivity contribution in [1.29, 1.82) is 0 Å². The van der Waals surface area contributed by atoms with E-state index in [1.54, 1.807) is 6.07 Å². The minimum absolute atomic E-state index is 0.230. The molecule has 0 spiro atoms. The molecule has 2 aromatic carbocycles. The quantitative estimate of drug-likeness (QED) is 0.865. The van der Waals surface area contributed by atoms with Crippen LogP contribution in [0.1, 0.15) is 47.3 Å². The van der Waals surface area contributed by atoms with E-state index in [4.69, 9.17) is 17.3 Å². The van der Waals surface area contributed by atoms with Gasteiger partial charge < -0.3 is 5.73 Å². The zero-order valence-electron chi connectivity index (χ0n) is 13.2. The van der Waals surface area contributed by atoms with Crippen molar-refractivity contribution in [3.05, 3.63) is 70.2 Å². The smallest absolute Gasteiger partial charge is 0.248 e. The van der Waals surface area contributed by atoms with E-state index in [2.05, 4.69) is 17.9 Å². The SMILES string of the molecule is CC(c1ccccc1Cl)N(Cc1cccc(C(N)=O)c1)C1CC1. The molecular formula is C19H21ClN2O. The van der Waals surface area contributed by atoms with Crippen molar-refractivity contribution >= 4 is 17.5 Å². The van der Waals surface area contributed by atoms with E-state index in [1.807, 2.05) is 36.4 Å². The lowest BCUT2D eigenvalue weighted by Gasteiger charge is -2.30. The van der Waals surface area contributed by atoms with Gasteiger partial charge in [-0.3, -0.25) is 9.69 Å². The van der Waals surface area contributed by atoms with Gasteiger partial charge in [0.05, 0.1) is 0 Å². The number of nitrogens with zero attached hydrogens (tertiary/aromatic N) is 1. The van der Waals surface area contributed by atoms with E-state index in [9.17, 15) is 4.79 Å². The molecule has 1 fully saturated rings. The van der Waals surface area contributed by atoms with Crippen LogP contribution in [0.4, 0.5) is 0 Å². The molecule has 3 nitrogen and oxygen atoms in total. The molecule has 1 aliphatic carbocycles. The fourth-order valence-electron chi connectivity index (χ4n) is 3.01. The summed E-state index contributed by atoms with van der Waals surface area (Å²) in [6, 6.07) is 16.4. The number of carbonyl (C=O) groups excluding carboxylic acids is 1. The van der Waals surface area contributed by atoms with Gasteiger partial charge >= 0.3 is 0 Å². The summed E-state index contributed by atoms with van der Waals surface area (Å²) >= 11 is 6.37. The van der Waals surface area contributed by atoms with Crippen LogP contribution in [0.2, 0.25) is 5.02 Å². The predicted molar refractivity (Wildman–Crippen MR) is 93.4 cm³/mol. The van der Waals surface area contributed by atoms with Crippen molar-refractivity contribution in [2.45, 2.75) is 38.4 Å². The number of rotatable bonds is 6. The Kier molecular flexibility index (Phi) is 4.69. The molecule has 1 aliphatic rings. The Morgan fingerprint density at radius 1 is 1.26 bits per heavy atom. The second-order valence-electron chi connectivity index (χ2n) is 6.17. The molecule has 4 heteroatoms. The predicted octanol–water partition coefficient (Wildman–Crippen LogP) is 4.16. The molecule has 0 aromatic heterocycles. The number of benzene rings is 2. The largest absolute Gasteiger partial charge is 0.366 e. The maximum absolute atomic E-state index is 11.4. The number of amides is 1. The summed E-state index contributed by atoms with van der Waals surface area (Å²) in [7, 11) is 0. The van der Waals surface area contributed by atoms with Crippen LogP contribution in [0.25, 0.3) is 0 Å². The molecule has 23 heavy (non-hydrogen) atoms. The third-order valence-corrected chi connectivity index (χ3v) is 4.79. The summed E-state index contributed by atoms with van der Waals surface area (Å²) in [5, 5.41) is 0.802. The highest BCUT2D eigenvalue weighted by Gasteiger charge is 2.33. The Hall–Kier alpha value is -1.84. The molecule has 2 N–H and O–H groups in total. The van der Waals surface area contributed by atoms with Crippen molar-refractivity contribution in [3.8, 4) is 0 Å². The van der Waals surface area contributed by atoms with Crippen molar-refractivity contribution in [3.63, 3.8) is 0 Å². The fourth-order valence-corrected chi connectivity index (χ4v) is 3.31. The van der Waals surface area contributed by atoms with Crippen LogP contribution in [0, 0.1) is 0 Å². The first-order valence-corrected chi connectivity index (χ1v) is 8.33. The zero-order valence-corrected chi connectivity index (χ0v) is 14.0. The maximum atomic E-state index is 11.4. The Morgan fingerprint density at radius 2 is 2.00 bits per heavy atom. The number of nitrogens with two attached hydrogens (primary N) is 1. The Morgan fingerprint density at radius 3 is 2.65 bits per heavy atom. The summed E-state index contributed by atoms with van der Waals surface area (Å²) in [4.78, 5) is 13.8. The number of halogens is 1. The standard InChI is InChI=1S/C19H21ClN2O/c1-13(17-7-2-3-8-18(17)20)22(16-9-10-16)12-14-5-4-6-15(11-14)19(21)23/h2-8,11,13,16H,9-10,12H2,1H3,(H2,21,23). The maximum Gasteiger partial charge on any atom is 0.248 e. The van der Waals surface area contributed by atoms with E-state index in [-0.39, 0.29) is 11.9 Å². The van der Waals surface area contributed by atoms with E-state index in [1.165, 1.54) is 12.8 Å². The molecule has 0 saturated heterocycles. The lowest BCUT2D eigenvalue weighted by Crippen LogP contribution is -2.29. The Balaban J connectivity index is 1.84. The van der Waals surface area contributed by atoms with Crippen LogP contribution in [0.15, 0.2) is 48.5 Å². The van der Waals surface area contributed by atoms with Crippen molar-refractivity contribution in [2.24, 2.45) is 5.73 Å². The normalized spacial score (nSPS) is 15.6. The van der Waals surface area contributed by atoms with Crippen LogP contribution in [-0.2, 0) is 6.54 Å². The molecule has 2 aromatic rings. The molecule has 1 amide bonds. The number of carbonyl (C=O) groups is 1. The molecule has 120 valence electrons. The topological polar surface area (TPSA) is 46.3 Å². The van der Waals surface area contributed by atoms with E-state index >= 15 is 0 Å². The highest BCUT2D eigenvalue weighted by atomic mass is 35.5. The van der Waals surface area contributed by atoms with Crippen molar-refractivity contribution in [2.75, 3.05) is 0 Å². The third-order valence-electron chi connectivity index (χ3n) is 4.45. The average molecular weight is 329 g/mol. The van der Waals surface area contributed by atoms with Crippen molar-refractivity contribution in [1.82, 2.24) is 4.90 Å². The van der Waals surface area contributed by atoms with Gasteiger partial charge in [-0.25, -0.2) is 0 Å². The molecule has 1 saturated carbocycles. The van der Waals surface area contributed by atoms with Gasteiger partial charge in [-0.1, -0.05) is 41.9 Å². The summed E-state index contributed by atoms with van der Waals surface area (Å²) in [6.07, 6.45) is 2.43. The van der Waals surface area contributed by atoms with Gasteiger partial charge in [-0.15, -0.1) is 0 Å². The minimum Gasteiger partial charge on any atom is -0.366 e. The van der Waals surface area contributed by atoms with Gasteiger partial charge in [-0.2, -0.15) is 0 Å². The van der Waals surface area contributed by atoms with Crippen LogP contribution in [0.5, 0.6) is 0 Å². The lowest BCUT2D eigenvalue weighted by atomic mass is 10.0. The zero-order chi connectivity index (χ0) is 16.4. The van der Waals surface area contributed by atoms with E-state index in [0.717, 1.165) is 22.7 Å². The molecule has 3 rings (SSSR count). The van der Waals surface area contributed by atoms with Crippen LogP contribution >= 0.6 is 11.6 Å². The number of hydrogen-bond acceptors (Lipinski definition) is 2. The Bertz CT molecular complexity index is 712. The second-order valence-corrected chi connectivity index (χ2v) is 6.57. The van der Waals surface area contributed by atoms with Crippen LogP contribution < -0.4 is 5.73 Å². The van der Waals surface area contributed by atoms with Gasteiger partial charge in [-0.05, 0) is 49.1 Å². The molecular weight excluding hydrogens is 308 g/mol. The lowest BCUT2D eigenvalue weighted by molar-refractivity contribution is 0.1000. The minimum atomic E-state index is -0.385. The molecule has 0 aliphatic heterocycles. The van der Waals surface area contributed by atoms with Gasteiger partial charge in [0.15, 0.2) is 0 Å². The molecule has 0 radical (unpaired) electrons. The van der Waals surface area contributed by atoms with Gasteiger partial charge in [0.25, 0.3) is 0 Å². The van der Waals surface area contributed by atoms with Gasteiger partial charge in [0, 0.05) is 29.2 Å². The first-order chi connectivity index (χ1) is 11.1. The molecule has 1 unspecified atom stereocenters. The second kappa shape index (κ2) is 6.73. The molecule has 0 bridgehead atoms. The summed E-state index contributed by atoms with van der Waals surface area (Å²) in [5.74, 6) is -0.385. The highest BCUT2D eigenvalue weighted by molar-refractivity contribution is 6.31. The van der Waals surface area contributed by atoms with E-state index < -0.39 is 0 Å². The first-order valence-electron chi connectivity index (χ1n) is 7.95. The summed E-state index contributed by atoms with van der Waals surface area (Å²) < 4.78 is 0. The number of primary amides is 1. The summed E-state index contributed by atoms with van der Waals surface area (Å²) in [6.45, 7) is 2.98. The first kappa shape index (κ1) is 16.0. The molecule has 1 atom stereocenters. The summed E-state index contributed by atoms with van der Waals surface area (Å²) in [5.41, 5.74) is 8.19. The third kappa shape index (κ3) is 3.74. The fraction of sp³-hybridized carbons (Fsp3) is 0.316. The highest BCUT2D eigenvalue weighted by Crippen LogP contribution is 2.37. The van der Waals surface area contributed by atoms with Crippen LogP contribution in [-0.4, -0.2) is 16.8 Å².